The van der Waals surface area contributed by atoms with E-state index in [2.05, 4.69) is 5.32 Å². The van der Waals surface area contributed by atoms with Crippen LogP contribution in [-0.2, 0) is 16.1 Å². The van der Waals surface area contributed by atoms with Gasteiger partial charge in [0.25, 0.3) is 5.56 Å². The number of carbonyl (C=O) groups excluding carboxylic acids is 1. The maximum absolute atomic E-state index is 13.2. The lowest BCUT2D eigenvalue weighted by Crippen LogP contribution is -2.35. The third-order valence-electron chi connectivity index (χ3n) is 5.68. The molecular weight excluding hydrogens is 418 g/mol. The van der Waals surface area contributed by atoms with E-state index in [1.54, 1.807) is 15.9 Å². The van der Waals surface area contributed by atoms with Crippen molar-refractivity contribution in [2.75, 3.05) is 19.0 Å². The SMILES string of the molecule is CCOCCCn1c(SCC(=O)NC2CCCCCC2)nc2sc(C)c(C)c2c1=O. The summed E-state index contributed by atoms with van der Waals surface area (Å²) < 4.78 is 7.16. The molecule has 6 nitrogen and oxygen atoms in total. The van der Waals surface area contributed by atoms with Crippen molar-refractivity contribution in [3.05, 3.63) is 20.8 Å². The van der Waals surface area contributed by atoms with Gasteiger partial charge >= 0.3 is 0 Å². The molecule has 2 aromatic rings. The highest BCUT2D eigenvalue weighted by Crippen LogP contribution is 2.28. The molecule has 0 saturated heterocycles. The van der Waals surface area contributed by atoms with Crippen LogP contribution in [0.4, 0.5) is 0 Å². The van der Waals surface area contributed by atoms with E-state index in [-0.39, 0.29) is 23.3 Å². The van der Waals surface area contributed by atoms with E-state index in [4.69, 9.17) is 9.72 Å². The summed E-state index contributed by atoms with van der Waals surface area (Å²) in [5.74, 6) is 0.309. The first-order valence-corrected chi connectivity index (χ1v) is 12.8. The van der Waals surface area contributed by atoms with Crippen LogP contribution in [0.3, 0.4) is 0 Å². The molecule has 0 spiro atoms. The summed E-state index contributed by atoms with van der Waals surface area (Å²) in [5, 5.41) is 4.52. The van der Waals surface area contributed by atoms with Crippen molar-refractivity contribution in [1.82, 2.24) is 14.9 Å². The number of thiophene rings is 1. The van der Waals surface area contributed by atoms with Crippen molar-refractivity contribution in [3.8, 4) is 0 Å². The molecule has 0 aliphatic heterocycles. The lowest BCUT2D eigenvalue weighted by atomic mass is 10.1. The molecule has 2 aromatic heterocycles. The number of fused-ring (bicyclic) bond motifs is 1. The summed E-state index contributed by atoms with van der Waals surface area (Å²) in [4.78, 5) is 32.4. The minimum absolute atomic E-state index is 0.00924. The van der Waals surface area contributed by atoms with Gasteiger partial charge in [0.05, 0.1) is 11.1 Å². The monoisotopic (exact) mass is 451 g/mol. The zero-order chi connectivity index (χ0) is 21.5. The number of thioether (sulfide) groups is 1. The molecule has 166 valence electrons. The molecule has 1 aliphatic rings. The van der Waals surface area contributed by atoms with Crippen LogP contribution in [0.2, 0.25) is 0 Å². The summed E-state index contributed by atoms with van der Waals surface area (Å²) in [6.45, 7) is 7.78. The highest BCUT2D eigenvalue weighted by atomic mass is 32.2. The average molecular weight is 452 g/mol. The van der Waals surface area contributed by atoms with Crippen molar-refractivity contribution in [3.63, 3.8) is 0 Å². The molecule has 1 fully saturated rings. The number of carbonyl (C=O) groups is 1. The van der Waals surface area contributed by atoms with Crippen molar-refractivity contribution in [2.24, 2.45) is 0 Å². The standard InChI is InChI=1S/C22H33N3O3S2/c1-4-28-13-9-12-25-21(27)19-15(2)16(3)30-20(19)24-22(25)29-14-18(26)23-17-10-7-5-6-8-11-17/h17H,4-14H2,1-3H3,(H,23,26). The number of aromatic nitrogens is 2. The number of ether oxygens (including phenoxy) is 1. The lowest BCUT2D eigenvalue weighted by molar-refractivity contribution is -0.119. The highest BCUT2D eigenvalue weighted by Gasteiger charge is 2.19. The van der Waals surface area contributed by atoms with Crippen LogP contribution in [0.1, 0.15) is 62.3 Å². The molecule has 0 unspecified atom stereocenters. The predicted octanol–water partition coefficient (Wildman–Crippen LogP) is 4.43. The molecule has 1 aliphatic carbocycles. The van der Waals surface area contributed by atoms with E-state index in [0.717, 1.165) is 34.5 Å². The minimum Gasteiger partial charge on any atom is -0.382 e. The van der Waals surface area contributed by atoms with E-state index < -0.39 is 0 Å². The first kappa shape index (κ1) is 23.3. The van der Waals surface area contributed by atoms with Gasteiger partial charge in [0.15, 0.2) is 5.16 Å². The summed E-state index contributed by atoms with van der Waals surface area (Å²) in [6, 6.07) is 0.284. The Labute approximate surface area is 186 Å². The smallest absolute Gasteiger partial charge is 0.263 e. The Kier molecular flexibility index (Phi) is 8.77. The van der Waals surface area contributed by atoms with Crippen LogP contribution < -0.4 is 10.9 Å². The quantitative estimate of drug-likeness (QED) is 0.264. The second kappa shape index (κ2) is 11.3. The highest BCUT2D eigenvalue weighted by molar-refractivity contribution is 7.99. The lowest BCUT2D eigenvalue weighted by Gasteiger charge is -2.16. The molecule has 0 atom stereocenters. The Balaban J connectivity index is 1.75. The molecule has 1 saturated carbocycles. The number of hydrogen-bond acceptors (Lipinski definition) is 6. The topological polar surface area (TPSA) is 73.2 Å². The van der Waals surface area contributed by atoms with Crippen molar-refractivity contribution < 1.29 is 9.53 Å². The number of nitrogens with one attached hydrogen (secondary N) is 1. The second-order valence-electron chi connectivity index (χ2n) is 7.91. The van der Waals surface area contributed by atoms with Crippen LogP contribution in [-0.4, -0.2) is 40.5 Å². The van der Waals surface area contributed by atoms with Gasteiger partial charge in [-0.25, -0.2) is 4.98 Å². The van der Waals surface area contributed by atoms with Gasteiger partial charge in [-0.05, 0) is 45.6 Å². The Morgan fingerprint density at radius 2 is 2.00 bits per heavy atom. The average Bonchev–Trinajstić information content (AvgIpc) is 2.88. The fraction of sp³-hybridized carbons (Fsp3) is 0.682. The van der Waals surface area contributed by atoms with Crippen LogP contribution in [0, 0.1) is 13.8 Å². The first-order chi connectivity index (χ1) is 14.5. The Morgan fingerprint density at radius 3 is 2.70 bits per heavy atom. The molecule has 1 N–H and O–H groups in total. The van der Waals surface area contributed by atoms with Crippen LogP contribution in [0.15, 0.2) is 9.95 Å². The molecule has 2 heterocycles. The van der Waals surface area contributed by atoms with E-state index in [1.807, 2.05) is 20.8 Å². The van der Waals surface area contributed by atoms with Crippen LogP contribution in [0.5, 0.6) is 0 Å². The number of rotatable bonds is 9. The molecule has 0 aromatic carbocycles. The zero-order valence-corrected chi connectivity index (χ0v) is 19.9. The third kappa shape index (κ3) is 5.86. The van der Waals surface area contributed by atoms with Gasteiger partial charge in [-0.15, -0.1) is 11.3 Å². The van der Waals surface area contributed by atoms with Crippen LogP contribution in [0.25, 0.3) is 10.2 Å². The molecule has 1 amide bonds. The summed E-state index contributed by atoms with van der Waals surface area (Å²) in [6.07, 6.45) is 7.77. The Bertz CT molecular complexity index is 914. The first-order valence-electron chi connectivity index (χ1n) is 11.0. The molecule has 8 heteroatoms. The van der Waals surface area contributed by atoms with Crippen LogP contribution >= 0.6 is 23.1 Å². The fourth-order valence-electron chi connectivity index (χ4n) is 3.91. The summed E-state index contributed by atoms with van der Waals surface area (Å²) in [5.41, 5.74) is 0.999. The molecular formula is C22H33N3O3S2. The maximum atomic E-state index is 13.2. The largest absolute Gasteiger partial charge is 0.382 e. The summed E-state index contributed by atoms with van der Waals surface area (Å²) >= 11 is 2.91. The minimum atomic E-state index is -0.00924. The van der Waals surface area contributed by atoms with Crippen molar-refractivity contribution in [2.45, 2.75) is 83.5 Å². The van der Waals surface area contributed by atoms with E-state index >= 15 is 0 Å². The van der Waals surface area contributed by atoms with Gasteiger partial charge < -0.3 is 10.1 Å². The van der Waals surface area contributed by atoms with E-state index in [1.165, 1.54) is 37.4 Å². The van der Waals surface area contributed by atoms with Crippen molar-refractivity contribution in [1.29, 1.82) is 0 Å². The second-order valence-corrected chi connectivity index (χ2v) is 10.1. The van der Waals surface area contributed by atoms with Gasteiger partial charge in [0, 0.05) is 30.7 Å². The van der Waals surface area contributed by atoms with E-state index in [0.29, 0.717) is 30.3 Å². The number of nitrogens with zero attached hydrogens (tertiary/aromatic N) is 2. The fourth-order valence-corrected chi connectivity index (χ4v) is 5.82. The Morgan fingerprint density at radius 1 is 1.27 bits per heavy atom. The zero-order valence-electron chi connectivity index (χ0n) is 18.3. The van der Waals surface area contributed by atoms with Gasteiger partial charge in [-0.2, -0.15) is 0 Å². The molecule has 30 heavy (non-hydrogen) atoms. The molecule has 0 radical (unpaired) electrons. The normalized spacial score (nSPS) is 15.4. The van der Waals surface area contributed by atoms with Gasteiger partial charge in [0.2, 0.25) is 5.91 Å². The van der Waals surface area contributed by atoms with Gasteiger partial charge in [-0.1, -0.05) is 37.4 Å². The third-order valence-corrected chi connectivity index (χ3v) is 7.76. The van der Waals surface area contributed by atoms with Crippen molar-refractivity contribution >= 4 is 39.2 Å². The molecule has 0 bridgehead atoms. The van der Waals surface area contributed by atoms with Gasteiger partial charge in [0.1, 0.15) is 4.83 Å². The molecule has 3 rings (SSSR count). The van der Waals surface area contributed by atoms with Gasteiger partial charge in [-0.3, -0.25) is 14.2 Å². The summed E-state index contributed by atoms with van der Waals surface area (Å²) in [7, 11) is 0. The maximum Gasteiger partial charge on any atom is 0.263 e. The number of aryl methyl sites for hydroxylation is 2. The number of amides is 1. The number of hydrogen-bond donors (Lipinski definition) is 1. The van der Waals surface area contributed by atoms with E-state index in [9.17, 15) is 9.59 Å². The predicted molar refractivity (Wildman–Crippen MR) is 125 cm³/mol. The Hall–Kier alpha value is -1.38.